The van der Waals surface area contributed by atoms with Crippen LogP contribution in [0.15, 0.2) is 0 Å². The molecule has 0 aromatic carbocycles. The van der Waals surface area contributed by atoms with Crippen molar-refractivity contribution in [2.75, 3.05) is 0 Å². The molecule has 24 heavy (non-hydrogen) atoms. The lowest BCUT2D eigenvalue weighted by atomic mass is 9.84. The van der Waals surface area contributed by atoms with Crippen LogP contribution < -0.4 is 0 Å². The van der Waals surface area contributed by atoms with E-state index < -0.39 is 54.5 Å². The van der Waals surface area contributed by atoms with E-state index >= 15 is 0 Å². The summed E-state index contributed by atoms with van der Waals surface area (Å²) >= 11 is 0. The summed E-state index contributed by atoms with van der Waals surface area (Å²) in [6.45, 7) is 4.56. The fraction of sp³-hybridized carbons (Fsp3) is 0.800. The van der Waals surface area contributed by atoms with Gasteiger partial charge >= 0.3 is 17.9 Å². The number of esters is 3. The molecule has 9 heteroatoms. The summed E-state index contributed by atoms with van der Waals surface area (Å²) in [5, 5.41) is 30.1. The Morgan fingerprint density at radius 2 is 0.917 bits per heavy atom. The fourth-order valence-electron chi connectivity index (χ4n) is 2.28. The minimum atomic E-state index is -1.74. The summed E-state index contributed by atoms with van der Waals surface area (Å²) in [5.41, 5.74) is 0. The predicted molar refractivity (Wildman–Crippen MR) is 78.5 cm³/mol. The third-order valence-electron chi connectivity index (χ3n) is 3.69. The monoisotopic (exact) mass is 348 g/mol. The van der Waals surface area contributed by atoms with E-state index in [1.807, 2.05) is 0 Å². The van der Waals surface area contributed by atoms with Crippen molar-refractivity contribution in [2.45, 2.75) is 76.7 Å². The van der Waals surface area contributed by atoms with Crippen molar-refractivity contribution in [3.8, 4) is 0 Å². The van der Waals surface area contributed by atoms with Gasteiger partial charge in [-0.05, 0) is 0 Å². The van der Waals surface area contributed by atoms with Crippen LogP contribution in [0.3, 0.4) is 0 Å². The largest absolute Gasteiger partial charge is 0.455 e. The minimum absolute atomic E-state index is 0.0181. The van der Waals surface area contributed by atoms with E-state index in [4.69, 9.17) is 14.2 Å². The van der Waals surface area contributed by atoms with Gasteiger partial charge in [0.05, 0.1) is 0 Å². The highest BCUT2D eigenvalue weighted by Crippen LogP contribution is 2.29. The van der Waals surface area contributed by atoms with Crippen LogP contribution in [0.1, 0.15) is 40.0 Å². The summed E-state index contributed by atoms with van der Waals surface area (Å²) in [6.07, 6.45) is -9.59. The average molecular weight is 348 g/mol. The van der Waals surface area contributed by atoms with Crippen LogP contribution in [0.2, 0.25) is 0 Å². The first-order chi connectivity index (χ1) is 11.3. The minimum Gasteiger partial charge on any atom is -0.455 e. The maximum atomic E-state index is 11.6. The molecule has 138 valence electrons. The molecule has 9 nitrogen and oxygen atoms in total. The van der Waals surface area contributed by atoms with Gasteiger partial charge in [0.15, 0.2) is 18.3 Å². The first-order valence-electron chi connectivity index (χ1n) is 7.89. The maximum Gasteiger partial charge on any atom is 0.306 e. The molecule has 1 fully saturated rings. The number of rotatable bonds is 6. The van der Waals surface area contributed by atoms with Crippen LogP contribution >= 0.6 is 0 Å². The molecular weight excluding hydrogens is 324 g/mol. The topological polar surface area (TPSA) is 140 Å². The summed E-state index contributed by atoms with van der Waals surface area (Å²) in [6, 6.07) is 0. The Morgan fingerprint density at radius 1 is 0.625 bits per heavy atom. The molecule has 0 saturated heterocycles. The van der Waals surface area contributed by atoms with Crippen molar-refractivity contribution in [2.24, 2.45) is 0 Å². The Kier molecular flexibility index (Phi) is 7.59. The van der Waals surface area contributed by atoms with Crippen molar-refractivity contribution in [1.82, 2.24) is 0 Å². The first-order valence-corrected chi connectivity index (χ1v) is 7.89. The van der Waals surface area contributed by atoms with E-state index in [9.17, 15) is 29.7 Å². The van der Waals surface area contributed by atoms with Gasteiger partial charge in [0.25, 0.3) is 0 Å². The standard InChI is InChI=1S/C15H24O9/c1-4-7(16)22-13-11(20)10(19)12(21)14(23-8(17)5-2)15(13)24-9(18)6-3/h10-15,19-21H,4-6H2,1-3H3/t10-,11-,12-,13+,14-,15-/m1/s1. The Hall–Kier alpha value is -1.71. The van der Waals surface area contributed by atoms with Gasteiger partial charge in [0.1, 0.15) is 18.3 Å². The van der Waals surface area contributed by atoms with Gasteiger partial charge in [-0.15, -0.1) is 0 Å². The Morgan fingerprint density at radius 3 is 1.21 bits per heavy atom. The number of aliphatic hydroxyl groups is 3. The maximum absolute atomic E-state index is 11.6. The number of hydrogen-bond donors (Lipinski definition) is 3. The first kappa shape index (κ1) is 20.3. The van der Waals surface area contributed by atoms with Crippen molar-refractivity contribution in [1.29, 1.82) is 0 Å². The van der Waals surface area contributed by atoms with Crippen LogP contribution in [0.5, 0.6) is 0 Å². The lowest BCUT2D eigenvalue weighted by Gasteiger charge is -2.44. The molecule has 1 rings (SSSR count). The zero-order valence-electron chi connectivity index (χ0n) is 13.9. The van der Waals surface area contributed by atoms with E-state index in [-0.39, 0.29) is 19.3 Å². The van der Waals surface area contributed by atoms with E-state index in [1.165, 1.54) is 20.8 Å². The van der Waals surface area contributed by atoms with E-state index in [1.54, 1.807) is 0 Å². The second kappa shape index (κ2) is 8.95. The van der Waals surface area contributed by atoms with E-state index in [0.29, 0.717) is 0 Å². The molecule has 0 aromatic rings. The molecule has 1 saturated carbocycles. The van der Waals surface area contributed by atoms with Crippen LogP contribution in [0, 0.1) is 0 Å². The second-order valence-corrected chi connectivity index (χ2v) is 5.40. The van der Waals surface area contributed by atoms with Gasteiger partial charge in [-0.1, -0.05) is 20.8 Å². The van der Waals surface area contributed by atoms with Gasteiger partial charge < -0.3 is 29.5 Å². The third-order valence-corrected chi connectivity index (χ3v) is 3.69. The molecular formula is C15H24O9. The molecule has 0 spiro atoms. The zero-order valence-corrected chi connectivity index (χ0v) is 13.9. The van der Waals surface area contributed by atoms with Crippen LogP contribution in [0.4, 0.5) is 0 Å². The summed E-state index contributed by atoms with van der Waals surface area (Å²) in [4.78, 5) is 34.8. The predicted octanol–water partition coefficient (Wildman–Crippen LogP) is -0.952. The molecule has 0 heterocycles. The van der Waals surface area contributed by atoms with Crippen LogP contribution in [-0.4, -0.2) is 69.9 Å². The number of carbonyl (C=O) groups excluding carboxylic acids is 3. The van der Waals surface area contributed by atoms with Gasteiger partial charge in [-0.25, -0.2) is 0 Å². The molecule has 0 radical (unpaired) electrons. The van der Waals surface area contributed by atoms with Crippen molar-refractivity contribution in [3.63, 3.8) is 0 Å². The van der Waals surface area contributed by atoms with Gasteiger partial charge in [0, 0.05) is 19.3 Å². The SMILES string of the molecule is CCC(=O)O[C@H]1[C@H](OC(=O)CC)[C@H](O)[C@H](O)[C@@H](O)[C@@H]1OC(=O)CC. The quantitative estimate of drug-likeness (QED) is 0.409. The Bertz CT molecular complexity index is 432. The molecule has 0 aromatic heterocycles. The van der Waals surface area contributed by atoms with Crippen molar-refractivity contribution in [3.05, 3.63) is 0 Å². The van der Waals surface area contributed by atoms with E-state index in [0.717, 1.165) is 0 Å². The zero-order chi connectivity index (χ0) is 18.4. The molecule has 0 unspecified atom stereocenters. The highest BCUT2D eigenvalue weighted by Gasteiger charge is 2.55. The molecule has 0 aliphatic heterocycles. The lowest BCUT2D eigenvalue weighted by Crippen LogP contribution is -2.66. The van der Waals surface area contributed by atoms with Gasteiger partial charge in [-0.3, -0.25) is 14.4 Å². The summed E-state index contributed by atoms with van der Waals surface area (Å²) in [7, 11) is 0. The Labute approximate surface area is 139 Å². The molecule has 1 aliphatic rings. The summed E-state index contributed by atoms with van der Waals surface area (Å²) < 4.78 is 15.2. The fourth-order valence-corrected chi connectivity index (χ4v) is 2.28. The second-order valence-electron chi connectivity index (χ2n) is 5.40. The van der Waals surface area contributed by atoms with Crippen molar-refractivity contribution < 1.29 is 43.9 Å². The van der Waals surface area contributed by atoms with Crippen LogP contribution in [-0.2, 0) is 28.6 Å². The van der Waals surface area contributed by atoms with Crippen LogP contribution in [0.25, 0.3) is 0 Å². The molecule has 0 amide bonds. The highest BCUT2D eigenvalue weighted by atomic mass is 16.6. The van der Waals surface area contributed by atoms with E-state index in [2.05, 4.69) is 0 Å². The lowest BCUT2D eigenvalue weighted by molar-refractivity contribution is -0.247. The Balaban J connectivity index is 3.16. The molecule has 0 bridgehead atoms. The smallest absolute Gasteiger partial charge is 0.306 e. The van der Waals surface area contributed by atoms with Crippen molar-refractivity contribution >= 4 is 17.9 Å². The van der Waals surface area contributed by atoms with Gasteiger partial charge in [0.2, 0.25) is 0 Å². The molecule has 3 N–H and O–H groups in total. The average Bonchev–Trinajstić information content (AvgIpc) is 2.58. The van der Waals surface area contributed by atoms with Gasteiger partial charge in [-0.2, -0.15) is 0 Å². The normalized spacial score (nSPS) is 32.8. The third kappa shape index (κ3) is 4.65. The number of carbonyl (C=O) groups is 3. The summed E-state index contributed by atoms with van der Waals surface area (Å²) in [5.74, 6) is -2.12. The molecule has 1 aliphatic carbocycles. The number of aliphatic hydroxyl groups excluding tert-OH is 3. The highest BCUT2D eigenvalue weighted by molar-refractivity contribution is 5.71. The number of ether oxygens (including phenoxy) is 3. The number of hydrogen-bond acceptors (Lipinski definition) is 9. The molecule has 6 atom stereocenters.